The first-order valence-corrected chi connectivity index (χ1v) is 9.20. The highest BCUT2D eigenvalue weighted by molar-refractivity contribution is 6.05. The molecule has 0 fully saturated rings. The Hall–Kier alpha value is -2.89. The third kappa shape index (κ3) is 3.94. The standard InChI is InChI=1S/C21H26N4O2/c1-13(2)19-10-17(18-12-23-25(14(3)4)20(18)24-19)21(26)22-11-15-6-8-16(27-5)9-7-15/h6-10,12-14H,11H2,1-5H3,(H,22,26). The molecule has 3 aromatic rings. The van der Waals surface area contributed by atoms with Crippen molar-refractivity contribution in [2.24, 2.45) is 0 Å². The summed E-state index contributed by atoms with van der Waals surface area (Å²) < 4.78 is 7.03. The van der Waals surface area contributed by atoms with Crippen LogP contribution < -0.4 is 10.1 Å². The highest BCUT2D eigenvalue weighted by atomic mass is 16.5. The second-order valence-electron chi connectivity index (χ2n) is 7.20. The molecule has 1 amide bonds. The number of carbonyl (C=O) groups is 1. The minimum Gasteiger partial charge on any atom is -0.497 e. The normalized spacial score (nSPS) is 11.4. The van der Waals surface area contributed by atoms with E-state index < -0.39 is 0 Å². The number of carbonyl (C=O) groups excluding carboxylic acids is 1. The van der Waals surface area contributed by atoms with E-state index in [1.54, 1.807) is 13.3 Å². The Morgan fingerprint density at radius 2 is 1.89 bits per heavy atom. The Labute approximate surface area is 159 Å². The predicted molar refractivity (Wildman–Crippen MR) is 106 cm³/mol. The van der Waals surface area contributed by atoms with Gasteiger partial charge in [0.1, 0.15) is 5.75 Å². The average Bonchev–Trinajstić information content (AvgIpc) is 3.10. The topological polar surface area (TPSA) is 69.0 Å². The summed E-state index contributed by atoms with van der Waals surface area (Å²) in [5.74, 6) is 0.894. The molecule has 3 rings (SSSR count). The van der Waals surface area contributed by atoms with Crippen LogP contribution in [0.15, 0.2) is 36.5 Å². The summed E-state index contributed by atoms with van der Waals surface area (Å²) >= 11 is 0. The van der Waals surface area contributed by atoms with Crippen molar-refractivity contribution in [2.45, 2.75) is 46.2 Å². The number of nitrogens with one attached hydrogen (secondary N) is 1. The molecule has 0 saturated heterocycles. The van der Waals surface area contributed by atoms with Crippen molar-refractivity contribution in [3.63, 3.8) is 0 Å². The Kier molecular flexibility index (Phi) is 5.44. The van der Waals surface area contributed by atoms with Gasteiger partial charge in [-0.1, -0.05) is 26.0 Å². The lowest BCUT2D eigenvalue weighted by Crippen LogP contribution is -2.23. The predicted octanol–water partition coefficient (Wildman–Crippen LogP) is 4.07. The first-order chi connectivity index (χ1) is 12.9. The van der Waals surface area contributed by atoms with Crippen molar-refractivity contribution < 1.29 is 9.53 Å². The van der Waals surface area contributed by atoms with E-state index in [0.29, 0.717) is 12.1 Å². The van der Waals surface area contributed by atoms with Crippen LogP contribution in [0.3, 0.4) is 0 Å². The van der Waals surface area contributed by atoms with Gasteiger partial charge in [-0.3, -0.25) is 4.79 Å². The maximum absolute atomic E-state index is 12.9. The zero-order chi connectivity index (χ0) is 19.6. The number of fused-ring (bicyclic) bond motifs is 1. The summed E-state index contributed by atoms with van der Waals surface area (Å²) in [7, 11) is 1.63. The van der Waals surface area contributed by atoms with Crippen molar-refractivity contribution in [1.82, 2.24) is 20.1 Å². The minimum atomic E-state index is -0.122. The number of rotatable bonds is 6. The minimum absolute atomic E-state index is 0.122. The molecular formula is C21H26N4O2. The van der Waals surface area contributed by atoms with Crippen molar-refractivity contribution in [3.8, 4) is 5.75 Å². The molecular weight excluding hydrogens is 340 g/mol. The van der Waals surface area contributed by atoms with Crippen LogP contribution in [-0.4, -0.2) is 27.8 Å². The molecule has 2 heterocycles. The van der Waals surface area contributed by atoms with E-state index in [0.717, 1.165) is 28.0 Å². The molecule has 0 saturated carbocycles. The fourth-order valence-corrected chi connectivity index (χ4v) is 2.92. The lowest BCUT2D eigenvalue weighted by Gasteiger charge is -2.12. The van der Waals surface area contributed by atoms with Crippen LogP contribution in [-0.2, 0) is 6.54 Å². The number of hydrogen-bond donors (Lipinski definition) is 1. The van der Waals surface area contributed by atoms with Crippen LogP contribution >= 0.6 is 0 Å². The van der Waals surface area contributed by atoms with Crippen molar-refractivity contribution in [3.05, 3.63) is 53.3 Å². The number of methoxy groups -OCH3 is 1. The van der Waals surface area contributed by atoms with Gasteiger partial charge in [0, 0.05) is 18.3 Å². The van der Waals surface area contributed by atoms with E-state index >= 15 is 0 Å². The zero-order valence-electron chi connectivity index (χ0n) is 16.5. The van der Waals surface area contributed by atoms with Gasteiger partial charge < -0.3 is 10.1 Å². The van der Waals surface area contributed by atoms with Gasteiger partial charge in [-0.05, 0) is 43.5 Å². The maximum Gasteiger partial charge on any atom is 0.252 e. The van der Waals surface area contributed by atoms with E-state index in [-0.39, 0.29) is 17.9 Å². The summed E-state index contributed by atoms with van der Waals surface area (Å²) in [6.45, 7) is 8.70. The van der Waals surface area contributed by atoms with Crippen LogP contribution in [0.25, 0.3) is 11.0 Å². The molecule has 27 heavy (non-hydrogen) atoms. The molecule has 142 valence electrons. The average molecular weight is 366 g/mol. The highest BCUT2D eigenvalue weighted by Gasteiger charge is 2.18. The zero-order valence-corrected chi connectivity index (χ0v) is 16.5. The fraction of sp³-hybridized carbons (Fsp3) is 0.381. The van der Waals surface area contributed by atoms with E-state index in [1.165, 1.54) is 0 Å². The number of amides is 1. The van der Waals surface area contributed by atoms with Crippen molar-refractivity contribution in [2.75, 3.05) is 7.11 Å². The molecule has 1 N–H and O–H groups in total. The number of aromatic nitrogens is 3. The lowest BCUT2D eigenvalue weighted by molar-refractivity contribution is 0.0952. The Balaban J connectivity index is 1.90. The van der Waals surface area contributed by atoms with E-state index in [9.17, 15) is 4.79 Å². The van der Waals surface area contributed by atoms with Gasteiger partial charge >= 0.3 is 0 Å². The van der Waals surface area contributed by atoms with Gasteiger partial charge in [-0.2, -0.15) is 5.10 Å². The second kappa shape index (κ2) is 7.78. The first kappa shape index (κ1) is 18.9. The molecule has 0 aliphatic heterocycles. The molecule has 0 radical (unpaired) electrons. The SMILES string of the molecule is COc1ccc(CNC(=O)c2cc(C(C)C)nc3c2cnn3C(C)C)cc1. The molecule has 6 nitrogen and oxygen atoms in total. The van der Waals surface area contributed by atoms with Crippen LogP contribution in [0.4, 0.5) is 0 Å². The van der Waals surface area contributed by atoms with Gasteiger partial charge in [0.2, 0.25) is 0 Å². The lowest BCUT2D eigenvalue weighted by atomic mass is 10.0. The summed E-state index contributed by atoms with van der Waals surface area (Å²) in [6, 6.07) is 9.70. The van der Waals surface area contributed by atoms with Gasteiger partial charge in [0.15, 0.2) is 5.65 Å². The van der Waals surface area contributed by atoms with Crippen molar-refractivity contribution >= 4 is 16.9 Å². The molecule has 6 heteroatoms. The molecule has 0 aliphatic rings. The quantitative estimate of drug-likeness (QED) is 0.714. The number of nitrogens with zero attached hydrogens (tertiary/aromatic N) is 3. The summed E-state index contributed by atoms with van der Waals surface area (Å²) in [4.78, 5) is 17.7. The van der Waals surface area contributed by atoms with E-state index in [2.05, 4.69) is 38.1 Å². The largest absolute Gasteiger partial charge is 0.497 e. The van der Waals surface area contributed by atoms with Crippen molar-refractivity contribution in [1.29, 1.82) is 0 Å². The first-order valence-electron chi connectivity index (χ1n) is 9.20. The summed E-state index contributed by atoms with van der Waals surface area (Å²) in [6.07, 6.45) is 1.73. The van der Waals surface area contributed by atoms with E-state index in [4.69, 9.17) is 9.72 Å². The highest BCUT2D eigenvalue weighted by Crippen LogP contribution is 2.24. The molecule has 2 aromatic heterocycles. The smallest absolute Gasteiger partial charge is 0.252 e. The Morgan fingerprint density at radius 3 is 2.48 bits per heavy atom. The van der Waals surface area contributed by atoms with Crippen LogP contribution in [0.2, 0.25) is 0 Å². The van der Waals surface area contributed by atoms with Crippen LogP contribution in [0.5, 0.6) is 5.75 Å². The number of pyridine rings is 1. The molecule has 0 bridgehead atoms. The number of ether oxygens (including phenoxy) is 1. The number of hydrogen-bond acceptors (Lipinski definition) is 4. The second-order valence-corrected chi connectivity index (χ2v) is 7.20. The Morgan fingerprint density at radius 1 is 1.19 bits per heavy atom. The maximum atomic E-state index is 12.9. The summed E-state index contributed by atoms with van der Waals surface area (Å²) in [5, 5.41) is 8.22. The fourth-order valence-electron chi connectivity index (χ4n) is 2.92. The van der Waals surface area contributed by atoms with Gasteiger partial charge in [-0.25, -0.2) is 9.67 Å². The monoisotopic (exact) mass is 366 g/mol. The third-order valence-electron chi connectivity index (χ3n) is 4.52. The molecule has 0 atom stereocenters. The third-order valence-corrected chi connectivity index (χ3v) is 4.52. The Bertz CT molecular complexity index is 943. The van der Waals surface area contributed by atoms with Gasteiger partial charge in [0.25, 0.3) is 5.91 Å². The van der Waals surface area contributed by atoms with Crippen LogP contribution in [0.1, 0.15) is 61.3 Å². The van der Waals surface area contributed by atoms with Crippen LogP contribution in [0, 0.1) is 0 Å². The number of benzene rings is 1. The molecule has 0 aliphatic carbocycles. The molecule has 0 unspecified atom stereocenters. The summed E-state index contributed by atoms with van der Waals surface area (Å²) in [5.41, 5.74) is 3.27. The van der Waals surface area contributed by atoms with Gasteiger partial charge in [0.05, 0.1) is 24.3 Å². The molecule has 0 spiro atoms. The van der Waals surface area contributed by atoms with E-state index in [1.807, 2.05) is 35.0 Å². The van der Waals surface area contributed by atoms with Gasteiger partial charge in [-0.15, -0.1) is 0 Å². The molecule has 1 aromatic carbocycles.